The van der Waals surface area contributed by atoms with Gasteiger partial charge in [-0.1, -0.05) is 0 Å². The fraction of sp³-hybridized carbons (Fsp3) is 0.667. The topological polar surface area (TPSA) is 64.2 Å². The maximum atomic E-state index is 10.9. The highest BCUT2D eigenvalue weighted by Gasteiger charge is 2.25. The van der Waals surface area contributed by atoms with E-state index in [-0.39, 0.29) is 5.82 Å². The van der Waals surface area contributed by atoms with Gasteiger partial charge in [0.05, 0.1) is 0 Å². The van der Waals surface area contributed by atoms with E-state index in [9.17, 15) is 10.1 Å². The summed E-state index contributed by atoms with van der Waals surface area (Å²) in [4.78, 5) is 16.3. The van der Waals surface area contributed by atoms with Crippen molar-refractivity contribution in [1.82, 2.24) is 9.55 Å². The van der Waals surface area contributed by atoms with Crippen molar-refractivity contribution in [1.29, 1.82) is 0 Å². The minimum Gasteiger partial charge on any atom is -0.358 e. The van der Waals surface area contributed by atoms with E-state index in [1.54, 1.807) is 11.6 Å². The summed E-state index contributed by atoms with van der Waals surface area (Å²) in [5.74, 6) is 2.74. The lowest BCUT2D eigenvalue weighted by Crippen LogP contribution is -2.28. The standard InChI is InChI=1S/C9H14N4O2S/c1-11-7-10-8(13(14)15)9(11)12-3-2-5-16-6-4-12/h7H,2-6H2,1H3. The molecule has 0 spiro atoms. The van der Waals surface area contributed by atoms with Crippen molar-refractivity contribution in [2.24, 2.45) is 7.05 Å². The number of anilines is 1. The highest BCUT2D eigenvalue weighted by Crippen LogP contribution is 2.27. The van der Waals surface area contributed by atoms with Crippen LogP contribution in [-0.4, -0.2) is 39.1 Å². The van der Waals surface area contributed by atoms with Crippen LogP contribution in [0, 0.1) is 10.1 Å². The number of imidazole rings is 1. The Morgan fingerprint density at radius 2 is 2.31 bits per heavy atom. The number of aryl methyl sites for hydroxylation is 1. The smallest absolute Gasteiger partial charge is 0.358 e. The van der Waals surface area contributed by atoms with E-state index in [4.69, 9.17) is 0 Å². The molecule has 0 saturated carbocycles. The van der Waals surface area contributed by atoms with E-state index >= 15 is 0 Å². The number of nitrogens with zero attached hydrogens (tertiary/aromatic N) is 4. The third kappa shape index (κ3) is 2.13. The maximum Gasteiger partial charge on any atom is 0.406 e. The molecule has 16 heavy (non-hydrogen) atoms. The van der Waals surface area contributed by atoms with Crippen LogP contribution in [0.2, 0.25) is 0 Å². The first-order valence-electron chi connectivity index (χ1n) is 5.18. The predicted molar refractivity (Wildman–Crippen MR) is 64.0 cm³/mol. The Bertz CT molecular complexity index is 385. The molecule has 2 rings (SSSR count). The lowest BCUT2D eigenvalue weighted by Gasteiger charge is -2.20. The van der Waals surface area contributed by atoms with Gasteiger partial charge in [0.1, 0.15) is 0 Å². The maximum absolute atomic E-state index is 10.9. The largest absolute Gasteiger partial charge is 0.406 e. The molecule has 1 aliphatic rings. The second-order valence-electron chi connectivity index (χ2n) is 3.71. The first-order valence-corrected chi connectivity index (χ1v) is 6.34. The van der Waals surface area contributed by atoms with Gasteiger partial charge in [0.2, 0.25) is 12.1 Å². The fourth-order valence-corrected chi connectivity index (χ4v) is 2.75. The van der Waals surface area contributed by atoms with Crippen LogP contribution in [0.5, 0.6) is 0 Å². The number of aromatic nitrogens is 2. The molecule has 0 radical (unpaired) electrons. The van der Waals surface area contributed by atoms with Gasteiger partial charge in [-0.3, -0.25) is 4.57 Å². The number of thioether (sulfide) groups is 1. The molecule has 0 aliphatic carbocycles. The molecular weight excluding hydrogens is 228 g/mol. The van der Waals surface area contributed by atoms with Crippen LogP contribution in [0.1, 0.15) is 6.42 Å². The van der Waals surface area contributed by atoms with Crippen molar-refractivity contribution in [2.45, 2.75) is 6.42 Å². The monoisotopic (exact) mass is 242 g/mol. The molecule has 2 heterocycles. The second kappa shape index (κ2) is 4.73. The Morgan fingerprint density at radius 3 is 3.06 bits per heavy atom. The van der Waals surface area contributed by atoms with Crippen LogP contribution < -0.4 is 4.90 Å². The van der Waals surface area contributed by atoms with Crippen molar-refractivity contribution in [2.75, 3.05) is 29.5 Å². The molecule has 1 aromatic rings. The molecule has 7 heteroatoms. The Labute approximate surface area is 97.8 Å². The highest BCUT2D eigenvalue weighted by atomic mass is 32.2. The molecule has 0 aromatic carbocycles. The fourth-order valence-electron chi connectivity index (χ4n) is 1.86. The first-order chi connectivity index (χ1) is 7.70. The SMILES string of the molecule is Cn1cnc([N+](=O)[O-])c1N1CCCSCC1. The molecule has 1 fully saturated rings. The number of hydrogen-bond donors (Lipinski definition) is 0. The number of hydrogen-bond acceptors (Lipinski definition) is 5. The summed E-state index contributed by atoms with van der Waals surface area (Å²) < 4.78 is 1.73. The number of nitro groups is 1. The van der Waals surface area contributed by atoms with Gasteiger partial charge in [0, 0.05) is 25.9 Å². The third-order valence-corrected chi connectivity index (χ3v) is 3.63. The van der Waals surface area contributed by atoms with Crippen molar-refractivity contribution in [3.8, 4) is 0 Å². The minimum absolute atomic E-state index is 0.0330. The van der Waals surface area contributed by atoms with Gasteiger partial charge in [-0.15, -0.1) is 0 Å². The van der Waals surface area contributed by atoms with Gasteiger partial charge in [-0.2, -0.15) is 11.8 Å². The van der Waals surface area contributed by atoms with Crippen molar-refractivity contribution >= 4 is 23.4 Å². The molecule has 0 amide bonds. The quantitative estimate of drug-likeness (QED) is 0.577. The molecule has 1 aliphatic heterocycles. The van der Waals surface area contributed by atoms with Crippen LogP contribution in [-0.2, 0) is 7.05 Å². The normalized spacial score (nSPS) is 17.2. The molecule has 0 bridgehead atoms. The van der Waals surface area contributed by atoms with Crippen LogP contribution in [0.25, 0.3) is 0 Å². The Hall–Kier alpha value is -1.24. The lowest BCUT2D eigenvalue weighted by molar-refractivity contribution is -0.388. The van der Waals surface area contributed by atoms with Crippen LogP contribution in [0.3, 0.4) is 0 Å². The van der Waals surface area contributed by atoms with Gasteiger partial charge in [-0.25, -0.2) is 0 Å². The van der Waals surface area contributed by atoms with E-state index in [0.29, 0.717) is 5.82 Å². The Morgan fingerprint density at radius 1 is 1.50 bits per heavy atom. The summed E-state index contributed by atoms with van der Waals surface area (Å²) in [6, 6.07) is 0. The molecule has 0 unspecified atom stereocenters. The lowest BCUT2D eigenvalue weighted by atomic mass is 10.4. The van der Waals surface area contributed by atoms with Crippen molar-refractivity contribution in [3.05, 3.63) is 16.4 Å². The zero-order valence-corrected chi connectivity index (χ0v) is 9.94. The minimum atomic E-state index is -0.409. The van der Waals surface area contributed by atoms with Gasteiger partial charge < -0.3 is 15.0 Å². The summed E-state index contributed by atoms with van der Waals surface area (Å²) in [5, 5.41) is 10.9. The average Bonchev–Trinajstić information content (AvgIpc) is 2.50. The molecule has 88 valence electrons. The van der Waals surface area contributed by atoms with Gasteiger partial charge in [0.25, 0.3) is 0 Å². The predicted octanol–water partition coefficient (Wildman–Crippen LogP) is 1.27. The van der Waals surface area contributed by atoms with E-state index in [1.165, 1.54) is 6.33 Å². The summed E-state index contributed by atoms with van der Waals surface area (Å²) in [5.41, 5.74) is 0. The Kier molecular flexibility index (Phi) is 3.33. The van der Waals surface area contributed by atoms with E-state index in [0.717, 1.165) is 31.0 Å². The zero-order chi connectivity index (χ0) is 11.5. The van der Waals surface area contributed by atoms with E-state index in [2.05, 4.69) is 9.88 Å². The summed E-state index contributed by atoms with van der Waals surface area (Å²) in [6.45, 7) is 1.72. The molecule has 6 nitrogen and oxygen atoms in total. The van der Waals surface area contributed by atoms with E-state index < -0.39 is 4.92 Å². The molecule has 1 saturated heterocycles. The second-order valence-corrected chi connectivity index (χ2v) is 4.94. The average molecular weight is 242 g/mol. The molecule has 0 N–H and O–H groups in total. The van der Waals surface area contributed by atoms with Crippen LogP contribution in [0.4, 0.5) is 11.6 Å². The summed E-state index contributed by atoms with van der Waals surface area (Å²) in [7, 11) is 1.80. The molecule has 0 atom stereocenters. The van der Waals surface area contributed by atoms with Gasteiger partial charge in [0.15, 0.2) is 0 Å². The summed E-state index contributed by atoms with van der Waals surface area (Å²) in [6.07, 6.45) is 2.57. The van der Waals surface area contributed by atoms with Crippen molar-refractivity contribution < 1.29 is 4.92 Å². The highest BCUT2D eigenvalue weighted by molar-refractivity contribution is 7.99. The molecule has 1 aromatic heterocycles. The number of rotatable bonds is 2. The third-order valence-electron chi connectivity index (χ3n) is 2.58. The zero-order valence-electron chi connectivity index (χ0n) is 9.13. The van der Waals surface area contributed by atoms with E-state index in [1.807, 2.05) is 11.8 Å². The molecular formula is C9H14N4O2S. The van der Waals surface area contributed by atoms with Crippen LogP contribution in [0.15, 0.2) is 6.33 Å². The Balaban J connectivity index is 2.29. The van der Waals surface area contributed by atoms with Crippen molar-refractivity contribution in [3.63, 3.8) is 0 Å². The van der Waals surface area contributed by atoms with Gasteiger partial charge in [-0.05, 0) is 22.1 Å². The van der Waals surface area contributed by atoms with Crippen LogP contribution >= 0.6 is 11.8 Å². The first kappa shape index (κ1) is 11.3. The summed E-state index contributed by atoms with van der Waals surface area (Å²) >= 11 is 1.90. The van der Waals surface area contributed by atoms with Gasteiger partial charge >= 0.3 is 5.82 Å².